The van der Waals surface area contributed by atoms with Crippen molar-refractivity contribution >= 4 is 29.4 Å². The van der Waals surface area contributed by atoms with Gasteiger partial charge in [0.1, 0.15) is 6.04 Å². The fraction of sp³-hybridized carbons (Fsp3) is 0.238. The second-order valence-corrected chi connectivity index (χ2v) is 6.73. The molecule has 1 atom stereocenters. The lowest BCUT2D eigenvalue weighted by atomic mass is 10.1. The molecule has 7 nitrogen and oxygen atoms in total. The van der Waals surface area contributed by atoms with Gasteiger partial charge in [-0.1, -0.05) is 18.2 Å². The van der Waals surface area contributed by atoms with Gasteiger partial charge in [-0.05, 0) is 51.1 Å². The number of rotatable bonds is 5. The number of ether oxygens (including phenoxy) is 1. The monoisotopic (exact) mass is 380 g/mol. The van der Waals surface area contributed by atoms with Crippen LogP contribution >= 0.6 is 0 Å². The third-order valence-corrected chi connectivity index (χ3v) is 4.30. The van der Waals surface area contributed by atoms with Crippen LogP contribution in [0.2, 0.25) is 0 Å². The Bertz CT molecular complexity index is 932. The molecule has 3 rings (SSSR count). The van der Waals surface area contributed by atoms with Gasteiger partial charge in [-0.2, -0.15) is 0 Å². The third-order valence-electron chi connectivity index (χ3n) is 4.30. The molecule has 0 radical (unpaired) electrons. The fourth-order valence-corrected chi connectivity index (χ4v) is 2.93. The van der Waals surface area contributed by atoms with Gasteiger partial charge in [0.25, 0.3) is 11.8 Å². The number of esters is 1. The highest BCUT2D eigenvalue weighted by Crippen LogP contribution is 2.25. The van der Waals surface area contributed by atoms with Gasteiger partial charge in [-0.25, -0.2) is 4.79 Å². The quantitative estimate of drug-likeness (QED) is 0.636. The summed E-state index contributed by atoms with van der Waals surface area (Å²) in [5.74, 6) is -2.04. The number of imide groups is 1. The van der Waals surface area contributed by atoms with Crippen LogP contribution < -0.4 is 5.32 Å². The zero-order valence-corrected chi connectivity index (χ0v) is 15.8. The second kappa shape index (κ2) is 7.64. The minimum Gasteiger partial charge on any atom is -0.459 e. The first-order valence-corrected chi connectivity index (χ1v) is 8.88. The van der Waals surface area contributed by atoms with E-state index < -0.39 is 29.7 Å². The van der Waals surface area contributed by atoms with Gasteiger partial charge in [0.2, 0.25) is 5.91 Å². The van der Waals surface area contributed by atoms with Crippen LogP contribution in [-0.2, 0) is 9.53 Å². The Hall–Kier alpha value is -3.48. The van der Waals surface area contributed by atoms with Crippen LogP contribution in [0.25, 0.3) is 0 Å². The number of carbonyl (C=O) groups excluding carboxylic acids is 4. The Kier molecular flexibility index (Phi) is 5.26. The SMILES string of the molecule is CC(C)OC(=O)c1cccc(NC(=O)C(C)N2C(=O)c3ccccc3C2=O)c1. The van der Waals surface area contributed by atoms with Crippen LogP contribution in [0, 0.1) is 0 Å². The normalized spacial score (nSPS) is 14.1. The molecule has 1 aliphatic rings. The molecule has 0 spiro atoms. The molecule has 2 aromatic carbocycles. The molecule has 0 bridgehead atoms. The predicted molar refractivity (Wildman–Crippen MR) is 102 cm³/mol. The fourth-order valence-electron chi connectivity index (χ4n) is 2.93. The summed E-state index contributed by atoms with van der Waals surface area (Å²) in [6.45, 7) is 4.97. The van der Waals surface area contributed by atoms with E-state index in [0.29, 0.717) is 11.3 Å². The highest BCUT2D eigenvalue weighted by molar-refractivity contribution is 6.23. The molecular formula is C21H20N2O5. The average molecular weight is 380 g/mol. The molecule has 0 fully saturated rings. The van der Waals surface area contributed by atoms with Crippen LogP contribution in [0.15, 0.2) is 48.5 Å². The summed E-state index contributed by atoms with van der Waals surface area (Å²) in [5, 5.41) is 2.64. The van der Waals surface area contributed by atoms with E-state index in [0.717, 1.165) is 4.90 Å². The number of benzene rings is 2. The molecule has 0 saturated carbocycles. The lowest BCUT2D eigenvalue weighted by molar-refractivity contribution is -0.119. The van der Waals surface area contributed by atoms with Crippen molar-refractivity contribution in [2.75, 3.05) is 5.32 Å². The van der Waals surface area contributed by atoms with Gasteiger partial charge < -0.3 is 10.1 Å². The lowest BCUT2D eigenvalue weighted by Gasteiger charge is -2.21. The van der Waals surface area contributed by atoms with E-state index >= 15 is 0 Å². The third kappa shape index (κ3) is 3.64. The van der Waals surface area contributed by atoms with Gasteiger partial charge in [0.15, 0.2) is 0 Å². The van der Waals surface area contributed by atoms with Crippen molar-refractivity contribution in [3.63, 3.8) is 0 Å². The Labute approximate surface area is 162 Å². The lowest BCUT2D eigenvalue weighted by Crippen LogP contribution is -2.45. The van der Waals surface area contributed by atoms with Crippen LogP contribution in [0.3, 0.4) is 0 Å². The largest absolute Gasteiger partial charge is 0.459 e. The number of nitrogens with zero attached hydrogens (tertiary/aromatic N) is 1. The summed E-state index contributed by atoms with van der Waals surface area (Å²) in [5.41, 5.74) is 1.22. The minimum atomic E-state index is -1.02. The Morgan fingerprint density at radius 1 is 0.929 bits per heavy atom. The van der Waals surface area contributed by atoms with Gasteiger partial charge in [0.05, 0.1) is 22.8 Å². The standard InChI is InChI=1S/C21H20N2O5/c1-12(2)28-21(27)14-7-6-8-15(11-14)22-18(24)13(3)23-19(25)16-9-4-5-10-17(16)20(23)26/h4-13H,1-3H3,(H,22,24). The van der Waals surface area contributed by atoms with E-state index in [1.165, 1.54) is 13.0 Å². The molecule has 1 heterocycles. The maximum Gasteiger partial charge on any atom is 0.338 e. The first kappa shape index (κ1) is 19.3. The molecule has 3 amide bonds. The van der Waals surface area contributed by atoms with Gasteiger partial charge >= 0.3 is 5.97 Å². The molecule has 7 heteroatoms. The van der Waals surface area contributed by atoms with Crippen molar-refractivity contribution in [3.8, 4) is 0 Å². The number of hydrogen-bond donors (Lipinski definition) is 1. The number of nitrogens with one attached hydrogen (secondary N) is 1. The van der Waals surface area contributed by atoms with E-state index in [-0.39, 0.29) is 17.2 Å². The van der Waals surface area contributed by atoms with E-state index in [1.807, 2.05) is 0 Å². The number of fused-ring (bicyclic) bond motifs is 1. The van der Waals surface area contributed by atoms with Crippen molar-refractivity contribution in [2.24, 2.45) is 0 Å². The van der Waals surface area contributed by atoms with Crippen LogP contribution in [0.1, 0.15) is 51.8 Å². The number of amides is 3. The summed E-state index contributed by atoms with van der Waals surface area (Å²) in [7, 11) is 0. The number of carbonyl (C=O) groups is 4. The number of anilines is 1. The molecule has 0 aliphatic carbocycles. The highest BCUT2D eigenvalue weighted by atomic mass is 16.5. The van der Waals surface area contributed by atoms with Crippen molar-refractivity contribution in [3.05, 3.63) is 65.2 Å². The van der Waals surface area contributed by atoms with Gasteiger partial charge in [-0.15, -0.1) is 0 Å². The summed E-state index contributed by atoms with van der Waals surface area (Å²) in [4.78, 5) is 50.6. The minimum absolute atomic E-state index is 0.264. The molecule has 1 aliphatic heterocycles. The van der Waals surface area contributed by atoms with Crippen LogP contribution in [0.4, 0.5) is 5.69 Å². The summed E-state index contributed by atoms with van der Waals surface area (Å²) in [6.07, 6.45) is -0.264. The second-order valence-electron chi connectivity index (χ2n) is 6.73. The van der Waals surface area contributed by atoms with Crippen LogP contribution in [-0.4, -0.2) is 40.7 Å². The molecule has 0 aromatic heterocycles. The van der Waals surface area contributed by atoms with E-state index in [1.54, 1.807) is 56.3 Å². The molecule has 1 N–H and O–H groups in total. The molecule has 144 valence electrons. The maximum absolute atomic E-state index is 12.6. The maximum atomic E-state index is 12.6. The van der Waals surface area contributed by atoms with Crippen molar-refractivity contribution < 1.29 is 23.9 Å². The number of hydrogen-bond acceptors (Lipinski definition) is 5. The van der Waals surface area contributed by atoms with Gasteiger partial charge in [-0.3, -0.25) is 19.3 Å². The Morgan fingerprint density at radius 3 is 2.11 bits per heavy atom. The first-order chi connectivity index (χ1) is 13.3. The van der Waals surface area contributed by atoms with Gasteiger partial charge in [0, 0.05) is 5.69 Å². The summed E-state index contributed by atoms with van der Waals surface area (Å²) >= 11 is 0. The zero-order valence-electron chi connectivity index (χ0n) is 15.8. The first-order valence-electron chi connectivity index (χ1n) is 8.88. The zero-order chi connectivity index (χ0) is 20.4. The highest BCUT2D eigenvalue weighted by Gasteiger charge is 2.40. The van der Waals surface area contributed by atoms with E-state index in [9.17, 15) is 19.2 Å². The molecule has 0 saturated heterocycles. The molecule has 28 heavy (non-hydrogen) atoms. The average Bonchev–Trinajstić information content (AvgIpc) is 2.92. The Balaban J connectivity index is 1.74. The molecule has 1 unspecified atom stereocenters. The molecule has 2 aromatic rings. The molecular weight excluding hydrogens is 360 g/mol. The van der Waals surface area contributed by atoms with Crippen molar-refractivity contribution in [1.82, 2.24) is 4.90 Å². The van der Waals surface area contributed by atoms with Crippen molar-refractivity contribution in [2.45, 2.75) is 32.9 Å². The summed E-state index contributed by atoms with van der Waals surface area (Å²) in [6, 6.07) is 11.7. The van der Waals surface area contributed by atoms with E-state index in [4.69, 9.17) is 4.74 Å². The summed E-state index contributed by atoms with van der Waals surface area (Å²) < 4.78 is 5.14. The van der Waals surface area contributed by atoms with E-state index in [2.05, 4.69) is 5.32 Å². The predicted octanol–water partition coefficient (Wildman–Crippen LogP) is 2.88. The topological polar surface area (TPSA) is 92.8 Å². The van der Waals surface area contributed by atoms with Crippen LogP contribution in [0.5, 0.6) is 0 Å². The smallest absolute Gasteiger partial charge is 0.338 e. The Morgan fingerprint density at radius 2 is 1.54 bits per heavy atom. The van der Waals surface area contributed by atoms with Crippen molar-refractivity contribution in [1.29, 1.82) is 0 Å².